The van der Waals surface area contributed by atoms with Gasteiger partial charge in [-0.2, -0.15) is 4.99 Å². The van der Waals surface area contributed by atoms with Crippen LogP contribution in [0.25, 0.3) is 0 Å². The number of nitrogens with zero attached hydrogens (tertiary/aromatic N) is 1. The lowest BCUT2D eigenvalue weighted by molar-refractivity contribution is 0.271. The van der Waals surface area contributed by atoms with Gasteiger partial charge in [0.05, 0.1) is 5.54 Å². The maximum atomic E-state index is 10.5. The van der Waals surface area contributed by atoms with Crippen LogP contribution in [0.5, 0.6) is 0 Å². The lowest BCUT2D eigenvalue weighted by atomic mass is 9.78. The van der Waals surface area contributed by atoms with Gasteiger partial charge in [0.1, 0.15) is 0 Å². The molecule has 2 heteroatoms. The average Bonchev–Trinajstić information content (AvgIpc) is 2.26. The van der Waals surface area contributed by atoms with Gasteiger partial charge < -0.3 is 0 Å². The van der Waals surface area contributed by atoms with Crippen LogP contribution in [0.3, 0.4) is 0 Å². The highest BCUT2D eigenvalue weighted by Crippen LogP contribution is 2.35. The van der Waals surface area contributed by atoms with Crippen molar-refractivity contribution in [3.05, 3.63) is 0 Å². The molecule has 0 radical (unpaired) electrons. The summed E-state index contributed by atoms with van der Waals surface area (Å²) in [6.45, 7) is 2.22. The quantitative estimate of drug-likeness (QED) is 0.369. The summed E-state index contributed by atoms with van der Waals surface area (Å²) in [5, 5.41) is 0. The molecular formula is C13H23NO. The largest absolute Gasteiger partial charge is 0.235 e. The molecule has 0 aliphatic heterocycles. The molecule has 0 heterocycles. The average molecular weight is 209 g/mol. The van der Waals surface area contributed by atoms with Crippen LogP contribution in [0, 0.1) is 0 Å². The first-order chi connectivity index (χ1) is 7.33. The van der Waals surface area contributed by atoms with Crippen LogP contribution in [0.1, 0.15) is 71.1 Å². The third kappa shape index (κ3) is 4.17. The van der Waals surface area contributed by atoms with E-state index in [0.717, 1.165) is 19.3 Å². The van der Waals surface area contributed by atoms with Crippen LogP contribution in [0.4, 0.5) is 0 Å². The zero-order valence-corrected chi connectivity index (χ0v) is 9.93. The van der Waals surface area contributed by atoms with Gasteiger partial charge in [0.15, 0.2) is 0 Å². The Labute approximate surface area is 93.2 Å². The number of aliphatic imine (C=N–C) groups is 1. The molecule has 0 unspecified atom stereocenters. The Kier molecular flexibility index (Phi) is 5.63. The second-order valence-electron chi connectivity index (χ2n) is 4.80. The number of rotatable bonds is 6. The molecule has 0 spiro atoms. The number of isocyanates is 1. The molecule has 1 saturated carbocycles. The zero-order chi connectivity index (χ0) is 11.0. The summed E-state index contributed by atoms with van der Waals surface area (Å²) in [4.78, 5) is 14.6. The minimum Gasteiger partial charge on any atom is -0.211 e. The van der Waals surface area contributed by atoms with Crippen LogP contribution in [0.15, 0.2) is 4.99 Å². The van der Waals surface area contributed by atoms with Crippen LogP contribution in [-0.4, -0.2) is 11.6 Å². The van der Waals surface area contributed by atoms with E-state index in [1.54, 1.807) is 6.08 Å². The molecule has 86 valence electrons. The predicted molar refractivity (Wildman–Crippen MR) is 62.7 cm³/mol. The third-order valence-electron chi connectivity index (χ3n) is 3.56. The molecule has 0 aromatic carbocycles. The fraction of sp³-hybridized carbons (Fsp3) is 0.923. The van der Waals surface area contributed by atoms with Gasteiger partial charge in [-0.15, -0.1) is 0 Å². The Morgan fingerprint density at radius 3 is 2.47 bits per heavy atom. The first-order valence-corrected chi connectivity index (χ1v) is 6.42. The van der Waals surface area contributed by atoms with E-state index in [9.17, 15) is 4.79 Å². The van der Waals surface area contributed by atoms with Gasteiger partial charge in [-0.3, -0.25) is 0 Å². The molecule has 0 atom stereocenters. The second-order valence-corrected chi connectivity index (χ2v) is 4.80. The third-order valence-corrected chi connectivity index (χ3v) is 3.56. The molecule has 15 heavy (non-hydrogen) atoms. The van der Waals surface area contributed by atoms with E-state index < -0.39 is 0 Å². The molecule has 1 fully saturated rings. The maximum Gasteiger partial charge on any atom is 0.235 e. The van der Waals surface area contributed by atoms with Crippen molar-refractivity contribution in [1.82, 2.24) is 0 Å². The number of hydrogen-bond donors (Lipinski definition) is 0. The molecule has 0 saturated heterocycles. The van der Waals surface area contributed by atoms with Gasteiger partial charge in [0, 0.05) is 0 Å². The highest BCUT2D eigenvalue weighted by molar-refractivity contribution is 5.35. The van der Waals surface area contributed by atoms with E-state index in [2.05, 4.69) is 11.9 Å². The van der Waals surface area contributed by atoms with E-state index in [0.29, 0.717) is 0 Å². The summed E-state index contributed by atoms with van der Waals surface area (Å²) in [7, 11) is 0. The lowest BCUT2D eigenvalue weighted by Gasteiger charge is -2.32. The highest BCUT2D eigenvalue weighted by atomic mass is 16.1. The maximum absolute atomic E-state index is 10.5. The summed E-state index contributed by atoms with van der Waals surface area (Å²) in [5.41, 5.74) is -0.0201. The molecule has 0 bridgehead atoms. The van der Waals surface area contributed by atoms with Crippen molar-refractivity contribution in [2.75, 3.05) is 0 Å². The fourth-order valence-corrected chi connectivity index (χ4v) is 2.61. The molecule has 2 nitrogen and oxygen atoms in total. The Morgan fingerprint density at radius 2 is 1.87 bits per heavy atom. The summed E-state index contributed by atoms with van der Waals surface area (Å²) in [6, 6.07) is 0. The molecular weight excluding hydrogens is 186 g/mol. The minimum absolute atomic E-state index is 0.0201. The first kappa shape index (κ1) is 12.4. The zero-order valence-electron chi connectivity index (χ0n) is 9.93. The van der Waals surface area contributed by atoms with Crippen LogP contribution < -0.4 is 0 Å². The number of unbranched alkanes of at least 4 members (excludes halogenated alkanes) is 3. The van der Waals surface area contributed by atoms with E-state index in [1.165, 1.54) is 44.9 Å². The monoisotopic (exact) mass is 209 g/mol. The Balaban J connectivity index is 2.38. The standard InChI is InChI=1S/C13H23NO/c1-2-3-4-6-9-13(14-12-15)10-7-5-8-11-13/h2-11H2,1H3. The van der Waals surface area contributed by atoms with Gasteiger partial charge in [-0.25, -0.2) is 4.79 Å². The summed E-state index contributed by atoms with van der Waals surface area (Å²) < 4.78 is 0. The van der Waals surface area contributed by atoms with E-state index in [1.807, 2.05) is 0 Å². The lowest BCUT2D eigenvalue weighted by Crippen LogP contribution is -2.29. The second kappa shape index (κ2) is 6.79. The van der Waals surface area contributed by atoms with Crippen molar-refractivity contribution in [2.45, 2.75) is 76.7 Å². The predicted octanol–water partition coefficient (Wildman–Crippen LogP) is 4.00. The Hall–Kier alpha value is -0.620. The first-order valence-electron chi connectivity index (χ1n) is 6.42. The van der Waals surface area contributed by atoms with Gasteiger partial charge in [0.25, 0.3) is 0 Å². The molecule has 1 aliphatic carbocycles. The van der Waals surface area contributed by atoms with Crippen molar-refractivity contribution in [2.24, 2.45) is 4.99 Å². The number of carbonyl (C=O) groups excluding carboxylic acids is 1. The van der Waals surface area contributed by atoms with Crippen LogP contribution in [-0.2, 0) is 4.79 Å². The number of hydrogen-bond acceptors (Lipinski definition) is 2. The van der Waals surface area contributed by atoms with Gasteiger partial charge in [-0.1, -0.05) is 51.9 Å². The normalized spacial score (nSPS) is 19.5. The summed E-state index contributed by atoms with van der Waals surface area (Å²) in [5.74, 6) is 0. The molecule has 0 N–H and O–H groups in total. The van der Waals surface area contributed by atoms with Crippen LogP contribution >= 0.6 is 0 Å². The van der Waals surface area contributed by atoms with E-state index in [-0.39, 0.29) is 5.54 Å². The topological polar surface area (TPSA) is 29.4 Å². The Bertz CT molecular complexity index is 213. The Morgan fingerprint density at radius 1 is 1.13 bits per heavy atom. The smallest absolute Gasteiger partial charge is 0.211 e. The van der Waals surface area contributed by atoms with Gasteiger partial charge >= 0.3 is 0 Å². The summed E-state index contributed by atoms with van der Waals surface area (Å²) >= 11 is 0. The van der Waals surface area contributed by atoms with Crippen LogP contribution in [0.2, 0.25) is 0 Å². The molecule has 1 rings (SSSR count). The molecule has 1 aliphatic rings. The van der Waals surface area contributed by atoms with Gasteiger partial charge in [-0.05, 0) is 19.3 Å². The van der Waals surface area contributed by atoms with Gasteiger partial charge in [0.2, 0.25) is 6.08 Å². The van der Waals surface area contributed by atoms with Crippen molar-refractivity contribution < 1.29 is 4.79 Å². The van der Waals surface area contributed by atoms with Crippen molar-refractivity contribution in [3.8, 4) is 0 Å². The van der Waals surface area contributed by atoms with Crippen molar-refractivity contribution in [1.29, 1.82) is 0 Å². The highest BCUT2D eigenvalue weighted by Gasteiger charge is 2.30. The molecule has 0 amide bonds. The van der Waals surface area contributed by atoms with Crippen molar-refractivity contribution in [3.63, 3.8) is 0 Å². The van der Waals surface area contributed by atoms with E-state index >= 15 is 0 Å². The van der Waals surface area contributed by atoms with E-state index in [4.69, 9.17) is 0 Å². The minimum atomic E-state index is -0.0201. The SMILES string of the molecule is CCCCCCC1(N=C=O)CCCCC1. The molecule has 0 aromatic heterocycles. The molecule has 0 aromatic rings. The fourth-order valence-electron chi connectivity index (χ4n) is 2.61. The van der Waals surface area contributed by atoms with Crippen molar-refractivity contribution >= 4 is 6.08 Å². The summed E-state index contributed by atoms with van der Waals surface area (Å²) in [6.07, 6.45) is 14.0.